The van der Waals surface area contributed by atoms with Crippen LogP contribution < -0.4 is 11.1 Å². The van der Waals surface area contributed by atoms with Crippen LogP contribution in [-0.4, -0.2) is 13.1 Å². The molecule has 2 nitrogen and oxygen atoms in total. The smallest absolute Gasteiger partial charge is 0.0346 e. The maximum Gasteiger partial charge on any atom is 0.0346 e. The molecule has 1 unspecified atom stereocenters. The molecule has 3 rings (SSSR count). The Bertz CT molecular complexity index is 433. The van der Waals surface area contributed by atoms with Crippen LogP contribution >= 0.6 is 0 Å². The Hall–Kier alpha value is -0.860. The molecule has 2 aliphatic rings. The van der Waals surface area contributed by atoms with Crippen LogP contribution in [0.4, 0.5) is 0 Å². The van der Waals surface area contributed by atoms with Crippen LogP contribution in [0.1, 0.15) is 54.8 Å². The number of aryl methyl sites for hydroxylation is 2. The lowest BCUT2D eigenvalue weighted by molar-refractivity contribution is 0.262. The predicted molar refractivity (Wildman–Crippen MR) is 80.2 cm³/mol. The minimum Gasteiger partial charge on any atom is -0.328 e. The Morgan fingerprint density at radius 1 is 1.11 bits per heavy atom. The van der Waals surface area contributed by atoms with Crippen molar-refractivity contribution in [2.75, 3.05) is 7.05 Å². The highest BCUT2D eigenvalue weighted by Crippen LogP contribution is 2.35. The van der Waals surface area contributed by atoms with Gasteiger partial charge in [-0.15, -0.1) is 0 Å². The van der Waals surface area contributed by atoms with Gasteiger partial charge < -0.3 is 11.1 Å². The van der Waals surface area contributed by atoms with E-state index in [0.29, 0.717) is 12.1 Å². The third-order valence-corrected chi connectivity index (χ3v) is 5.08. The molecular formula is C17H26N2. The summed E-state index contributed by atoms with van der Waals surface area (Å²) in [6.07, 6.45) is 8.80. The van der Waals surface area contributed by atoms with Crippen molar-refractivity contribution in [3.8, 4) is 0 Å². The van der Waals surface area contributed by atoms with Crippen LogP contribution in [0.2, 0.25) is 0 Å². The van der Waals surface area contributed by atoms with Gasteiger partial charge in [-0.05, 0) is 74.6 Å². The minimum absolute atomic E-state index is 0.439. The van der Waals surface area contributed by atoms with Gasteiger partial charge in [0.15, 0.2) is 0 Å². The zero-order valence-electron chi connectivity index (χ0n) is 12.0. The second-order valence-corrected chi connectivity index (χ2v) is 6.32. The fourth-order valence-electron chi connectivity index (χ4n) is 3.94. The number of hydrogen-bond acceptors (Lipinski definition) is 2. The van der Waals surface area contributed by atoms with Gasteiger partial charge in [0, 0.05) is 12.1 Å². The summed E-state index contributed by atoms with van der Waals surface area (Å²) >= 11 is 0. The van der Waals surface area contributed by atoms with E-state index in [-0.39, 0.29) is 0 Å². The molecule has 0 aromatic heterocycles. The van der Waals surface area contributed by atoms with Crippen molar-refractivity contribution < 1.29 is 0 Å². The molecule has 0 bridgehead atoms. The molecule has 2 heteroatoms. The molecule has 2 aliphatic carbocycles. The highest BCUT2D eigenvalue weighted by Gasteiger charge is 2.27. The minimum atomic E-state index is 0.439. The molecule has 0 heterocycles. The first-order valence-electron chi connectivity index (χ1n) is 7.82. The maximum atomic E-state index is 6.03. The molecular weight excluding hydrogens is 232 g/mol. The van der Waals surface area contributed by atoms with Gasteiger partial charge >= 0.3 is 0 Å². The van der Waals surface area contributed by atoms with Crippen LogP contribution in [0, 0.1) is 5.92 Å². The molecule has 1 aromatic rings. The van der Waals surface area contributed by atoms with E-state index < -0.39 is 0 Å². The summed E-state index contributed by atoms with van der Waals surface area (Å²) in [7, 11) is 2.10. The van der Waals surface area contributed by atoms with E-state index in [9.17, 15) is 0 Å². The molecule has 19 heavy (non-hydrogen) atoms. The number of fused-ring (bicyclic) bond motifs is 1. The third kappa shape index (κ3) is 2.70. The summed E-state index contributed by atoms with van der Waals surface area (Å²) in [6, 6.07) is 8.11. The number of hydrogen-bond donors (Lipinski definition) is 2. The Morgan fingerprint density at radius 3 is 2.58 bits per heavy atom. The summed E-state index contributed by atoms with van der Waals surface area (Å²) in [4.78, 5) is 0. The van der Waals surface area contributed by atoms with Gasteiger partial charge in [0.1, 0.15) is 0 Å². The zero-order chi connectivity index (χ0) is 13.2. The first kappa shape index (κ1) is 13.1. The normalized spacial score (nSPS) is 28.1. The average Bonchev–Trinajstić information content (AvgIpc) is 2.89. The Labute approximate surface area is 116 Å². The summed E-state index contributed by atoms with van der Waals surface area (Å²) in [5, 5.41) is 3.55. The molecule has 0 saturated heterocycles. The van der Waals surface area contributed by atoms with Crippen molar-refractivity contribution in [2.24, 2.45) is 11.7 Å². The SMILES string of the molecule is CNC(c1ccc2c(c1)CCC2)C1CCC(N)CC1. The van der Waals surface area contributed by atoms with Crippen molar-refractivity contribution in [3.63, 3.8) is 0 Å². The number of benzene rings is 1. The lowest BCUT2D eigenvalue weighted by Crippen LogP contribution is -2.33. The topological polar surface area (TPSA) is 38.0 Å². The maximum absolute atomic E-state index is 6.03. The first-order valence-corrected chi connectivity index (χ1v) is 7.82. The second kappa shape index (κ2) is 5.64. The van der Waals surface area contributed by atoms with E-state index in [1.807, 2.05) is 0 Å². The zero-order valence-corrected chi connectivity index (χ0v) is 12.0. The van der Waals surface area contributed by atoms with E-state index in [0.717, 1.165) is 5.92 Å². The molecule has 0 spiro atoms. The molecule has 0 radical (unpaired) electrons. The van der Waals surface area contributed by atoms with Gasteiger partial charge in [-0.2, -0.15) is 0 Å². The summed E-state index contributed by atoms with van der Waals surface area (Å²) < 4.78 is 0. The molecule has 0 aliphatic heterocycles. The Balaban J connectivity index is 1.78. The Kier molecular flexibility index (Phi) is 3.90. The Morgan fingerprint density at radius 2 is 1.84 bits per heavy atom. The summed E-state index contributed by atoms with van der Waals surface area (Å²) in [5.41, 5.74) is 10.7. The van der Waals surface area contributed by atoms with Crippen molar-refractivity contribution in [1.29, 1.82) is 0 Å². The summed E-state index contributed by atoms with van der Waals surface area (Å²) in [6.45, 7) is 0. The molecule has 3 N–H and O–H groups in total. The van der Waals surface area contributed by atoms with Gasteiger partial charge in [0.05, 0.1) is 0 Å². The molecule has 1 fully saturated rings. The van der Waals surface area contributed by atoms with Crippen LogP contribution in [0.5, 0.6) is 0 Å². The second-order valence-electron chi connectivity index (χ2n) is 6.32. The molecule has 1 aromatic carbocycles. The van der Waals surface area contributed by atoms with Gasteiger partial charge in [-0.3, -0.25) is 0 Å². The van der Waals surface area contributed by atoms with Crippen molar-refractivity contribution in [3.05, 3.63) is 34.9 Å². The average molecular weight is 258 g/mol. The van der Waals surface area contributed by atoms with Crippen LogP contribution in [0.15, 0.2) is 18.2 Å². The standard InChI is InChI=1S/C17H26N2/c1-19-17(13-7-9-16(18)10-8-13)15-6-5-12-3-2-4-14(12)11-15/h5-6,11,13,16-17,19H,2-4,7-10,18H2,1H3. The van der Waals surface area contributed by atoms with Gasteiger partial charge in [-0.1, -0.05) is 18.2 Å². The first-order chi connectivity index (χ1) is 9.28. The van der Waals surface area contributed by atoms with Crippen LogP contribution in [0.25, 0.3) is 0 Å². The number of nitrogens with two attached hydrogens (primary N) is 1. The van der Waals surface area contributed by atoms with E-state index >= 15 is 0 Å². The van der Waals surface area contributed by atoms with Gasteiger partial charge in [0.25, 0.3) is 0 Å². The summed E-state index contributed by atoms with van der Waals surface area (Å²) in [5.74, 6) is 0.754. The largest absolute Gasteiger partial charge is 0.328 e. The molecule has 104 valence electrons. The lowest BCUT2D eigenvalue weighted by atomic mass is 9.79. The quantitative estimate of drug-likeness (QED) is 0.875. The van der Waals surface area contributed by atoms with Crippen LogP contribution in [-0.2, 0) is 12.8 Å². The predicted octanol–water partition coefficient (Wildman–Crippen LogP) is 2.95. The fraction of sp³-hybridized carbons (Fsp3) is 0.647. The van der Waals surface area contributed by atoms with E-state index in [2.05, 4.69) is 30.6 Å². The monoisotopic (exact) mass is 258 g/mol. The fourth-order valence-corrected chi connectivity index (χ4v) is 3.94. The highest BCUT2D eigenvalue weighted by molar-refractivity contribution is 5.36. The number of nitrogens with one attached hydrogen (secondary N) is 1. The van der Waals surface area contributed by atoms with Gasteiger partial charge in [0.2, 0.25) is 0 Å². The molecule has 1 atom stereocenters. The highest BCUT2D eigenvalue weighted by atomic mass is 14.9. The number of rotatable bonds is 3. The molecule has 0 amide bonds. The third-order valence-electron chi connectivity index (χ3n) is 5.08. The van der Waals surface area contributed by atoms with E-state index in [1.54, 1.807) is 11.1 Å². The lowest BCUT2D eigenvalue weighted by Gasteiger charge is -2.33. The van der Waals surface area contributed by atoms with Crippen molar-refractivity contribution in [1.82, 2.24) is 5.32 Å². The molecule has 1 saturated carbocycles. The van der Waals surface area contributed by atoms with E-state index in [1.165, 1.54) is 50.5 Å². The van der Waals surface area contributed by atoms with Crippen molar-refractivity contribution >= 4 is 0 Å². The van der Waals surface area contributed by atoms with Crippen LogP contribution in [0.3, 0.4) is 0 Å². The van der Waals surface area contributed by atoms with Crippen molar-refractivity contribution in [2.45, 2.75) is 57.0 Å². The van der Waals surface area contributed by atoms with Gasteiger partial charge in [-0.25, -0.2) is 0 Å². The van der Waals surface area contributed by atoms with E-state index in [4.69, 9.17) is 5.73 Å².